The molecule has 3 N–H and O–H groups in total. The van der Waals surface area contributed by atoms with Gasteiger partial charge in [-0.2, -0.15) is 5.10 Å². The number of benzene rings is 1. The van der Waals surface area contributed by atoms with Crippen molar-refractivity contribution in [2.24, 2.45) is 10.2 Å². The maximum Gasteiger partial charge on any atom is 0.331 e. The van der Waals surface area contributed by atoms with Gasteiger partial charge >= 0.3 is 5.97 Å². The highest BCUT2D eigenvalue weighted by Crippen LogP contribution is 2.27. The summed E-state index contributed by atoms with van der Waals surface area (Å²) in [6.45, 7) is 0. The van der Waals surface area contributed by atoms with Crippen molar-refractivity contribution in [1.82, 2.24) is 5.32 Å². The van der Waals surface area contributed by atoms with E-state index in [1.165, 1.54) is 31.5 Å². The number of thioether (sulfide) groups is 1. The number of phenolic OH excluding ortho intramolecular Hbond substituents is 2. The highest BCUT2D eigenvalue weighted by Gasteiger charge is 2.24. The summed E-state index contributed by atoms with van der Waals surface area (Å²) in [4.78, 5) is 22.8. The largest absolute Gasteiger partial charge is 0.504 e. The zero-order chi connectivity index (χ0) is 16.1. The van der Waals surface area contributed by atoms with Crippen LogP contribution in [-0.2, 0) is 14.3 Å². The van der Waals surface area contributed by atoms with E-state index in [9.17, 15) is 19.8 Å². The molecular weight excluding hydrogens is 310 g/mol. The third kappa shape index (κ3) is 3.64. The van der Waals surface area contributed by atoms with Gasteiger partial charge in [0.1, 0.15) is 0 Å². The number of rotatable bonds is 3. The number of hydrogen-bond donors (Lipinski definition) is 3. The number of phenols is 2. The van der Waals surface area contributed by atoms with E-state index in [1.807, 2.05) is 0 Å². The molecule has 1 aliphatic rings. The molecule has 0 radical (unpaired) electrons. The molecule has 22 heavy (non-hydrogen) atoms. The Morgan fingerprint density at radius 1 is 1.41 bits per heavy atom. The van der Waals surface area contributed by atoms with E-state index in [4.69, 9.17) is 0 Å². The van der Waals surface area contributed by atoms with Crippen molar-refractivity contribution >= 4 is 35.0 Å². The van der Waals surface area contributed by atoms with Gasteiger partial charge < -0.3 is 14.9 Å². The van der Waals surface area contributed by atoms with Crippen molar-refractivity contribution in [1.29, 1.82) is 0 Å². The van der Waals surface area contributed by atoms with Gasteiger partial charge in [0, 0.05) is 11.6 Å². The van der Waals surface area contributed by atoms with E-state index in [-0.39, 0.29) is 27.1 Å². The van der Waals surface area contributed by atoms with Gasteiger partial charge in [0.05, 0.1) is 18.2 Å². The highest BCUT2D eigenvalue weighted by molar-refractivity contribution is 8.18. The molecule has 1 heterocycles. The smallest absolute Gasteiger partial charge is 0.331 e. The number of para-hydroxylation sites is 1. The Morgan fingerprint density at radius 2 is 2.18 bits per heavy atom. The van der Waals surface area contributed by atoms with Crippen LogP contribution in [-0.4, -0.2) is 40.6 Å². The number of carbonyl (C=O) groups is 2. The number of esters is 1. The summed E-state index contributed by atoms with van der Waals surface area (Å²) in [7, 11) is 1.21. The lowest BCUT2D eigenvalue weighted by molar-refractivity contribution is -0.135. The molecule has 0 saturated carbocycles. The van der Waals surface area contributed by atoms with Crippen molar-refractivity contribution in [3.63, 3.8) is 0 Å². The second kappa shape index (κ2) is 6.76. The van der Waals surface area contributed by atoms with Gasteiger partial charge in [0.2, 0.25) is 0 Å². The van der Waals surface area contributed by atoms with Crippen LogP contribution < -0.4 is 5.32 Å². The third-order valence-corrected chi connectivity index (χ3v) is 3.39. The van der Waals surface area contributed by atoms with Crippen LogP contribution in [0.3, 0.4) is 0 Å². The number of carbonyl (C=O) groups excluding carboxylic acids is 2. The number of amides is 1. The fraction of sp³-hybridized carbons (Fsp3) is 0.0769. The van der Waals surface area contributed by atoms with Gasteiger partial charge in [0.15, 0.2) is 16.7 Å². The second-order valence-corrected chi connectivity index (χ2v) is 4.98. The van der Waals surface area contributed by atoms with Crippen LogP contribution in [0.5, 0.6) is 11.5 Å². The monoisotopic (exact) mass is 321 g/mol. The Morgan fingerprint density at radius 3 is 2.91 bits per heavy atom. The fourth-order valence-electron chi connectivity index (χ4n) is 1.44. The van der Waals surface area contributed by atoms with Gasteiger partial charge in [-0.3, -0.25) is 10.1 Å². The highest BCUT2D eigenvalue weighted by atomic mass is 32.2. The number of nitrogens with zero attached hydrogens (tertiary/aromatic N) is 2. The molecular formula is C13H11N3O5S. The van der Waals surface area contributed by atoms with Gasteiger partial charge in [-0.05, 0) is 23.9 Å². The normalized spacial score (nSPS) is 18.1. The fourth-order valence-corrected chi connectivity index (χ4v) is 2.18. The lowest BCUT2D eigenvalue weighted by atomic mass is 10.2. The Kier molecular flexibility index (Phi) is 4.79. The summed E-state index contributed by atoms with van der Waals surface area (Å²) in [6.07, 6.45) is 2.27. The number of methoxy groups -OCH3 is 1. The van der Waals surface area contributed by atoms with Crippen LogP contribution >= 0.6 is 11.8 Å². The lowest BCUT2D eigenvalue weighted by Gasteiger charge is -1.99. The molecule has 1 aromatic rings. The first-order valence-electron chi connectivity index (χ1n) is 5.92. The minimum atomic E-state index is -0.646. The van der Waals surface area contributed by atoms with Crippen molar-refractivity contribution < 1.29 is 24.5 Å². The Labute approximate surface area is 129 Å². The van der Waals surface area contributed by atoms with Gasteiger partial charge in [-0.25, -0.2) is 4.79 Å². The summed E-state index contributed by atoms with van der Waals surface area (Å²) in [6, 6.07) is 4.39. The predicted molar refractivity (Wildman–Crippen MR) is 80.6 cm³/mol. The molecule has 1 aromatic carbocycles. The lowest BCUT2D eigenvalue weighted by Crippen LogP contribution is -2.19. The van der Waals surface area contributed by atoms with E-state index >= 15 is 0 Å². The molecule has 8 nitrogen and oxygen atoms in total. The van der Waals surface area contributed by atoms with Crippen LogP contribution in [0.1, 0.15) is 5.56 Å². The van der Waals surface area contributed by atoms with E-state index in [0.717, 1.165) is 17.8 Å². The molecule has 0 spiro atoms. The van der Waals surface area contributed by atoms with Crippen molar-refractivity contribution in [3.05, 3.63) is 34.7 Å². The quantitative estimate of drug-likeness (QED) is 0.248. The molecule has 1 saturated heterocycles. The second-order valence-electron chi connectivity index (χ2n) is 3.95. The van der Waals surface area contributed by atoms with Crippen LogP contribution in [0.25, 0.3) is 0 Å². The van der Waals surface area contributed by atoms with Crippen LogP contribution in [0.15, 0.2) is 39.4 Å². The standard InChI is InChI=1S/C13H11N3O5S/c1-21-10(18)5-9-12(20)15-13(22-9)16-14-6-7-3-2-4-8(17)11(7)19/h2-6,17,19H,1H3,(H,15,16,20)/b9-5+,14-6?. The number of nitrogens with one attached hydrogen (secondary N) is 1. The maximum absolute atomic E-state index is 11.6. The SMILES string of the molecule is COC(=O)/C=C1/S/C(=N\N=Cc2cccc(O)c2O)NC1=O. The van der Waals surface area contributed by atoms with E-state index in [2.05, 4.69) is 20.3 Å². The summed E-state index contributed by atoms with van der Waals surface area (Å²) in [5, 5.41) is 29.0. The number of amidine groups is 1. The van der Waals surface area contributed by atoms with Gasteiger partial charge in [0.25, 0.3) is 5.91 Å². The number of hydrogen-bond acceptors (Lipinski definition) is 8. The molecule has 0 unspecified atom stereocenters. The first kappa shape index (κ1) is 15.6. The molecule has 0 aliphatic carbocycles. The molecule has 114 valence electrons. The van der Waals surface area contributed by atoms with E-state index in [0.29, 0.717) is 0 Å². The number of ether oxygens (including phenoxy) is 1. The molecule has 0 bridgehead atoms. The van der Waals surface area contributed by atoms with Gasteiger partial charge in [-0.15, -0.1) is 5.10 Å². The van der Waals surface area contributed by atoms with Crippen molar-refractivity contribution in [3.8, 4) is 11.5 Å². The van der Waals surface area contributed by atoms with Crippen molar-refractivity contribution in [2.75, 3.05) is 7.11 Å². The number of aromatic hydroxyl groups is 2. The first-order chi connectivity index (χ1) is 10.5. The summed E-state index contributed by atoms with van der Waals surface area (Å²) in [5.41, 5.74) is 0.268. The molecule has 1 aliphatic heterocycles. The third-order valence-electron chi connectivity index (χ3n) is 2.49. The van der Waals surface area contributed by atoms with Crippen LogP contribution in [0.4, 0.5) is 0 Å². The van der Waals surface area contributed by atoms with E-state index in [1.54, 1.807) is 0 Å². The maximum atomic E-state index is 11.6. The topological polar surface area (TPSA) is 121 Å². The zero-order valence-corrected chi connectivity index (χ0v) is 12.1. The molecule has 2 rings (SSSR count). The van der Waals surface area contributed by atoms with Crippen LogP contribution in [0.2, 0.25) is 0 Å². The van der Waals surface area contributed by atoms with Gasteiger partial charge in [-0.1, -0.05) is 6.07 Å². The zero-order valence-electron chi connectivity index (χ0n) is 11.3. The summed E-state index contributed by atoms with van der Waals surface area (Å²) < 4.78 is 4.43. The predicted octanol–water partition coefficient (Wildman–Crippen LogP) is 0.708. The minimum absolute atomic E-state index is 0.140. The van der Waals surface area contributed by atoms with Crippen molar-refractivity contribution in [2.45, 2.75) is 0 Å². The molecule has 0 aromatic heterocycles. The summed E-state index contributed by atoms with van der Waals surface area (Å²) in [5.74, 6) is -1.72. The average molecular weight is 321 g/mol. The van der Waals surface area contributed by atoms with Crippen LogP contribution in [0, 0.1) is 0 Å². The van der Waals surface area contributed by atoms with E-state index < -0.39 is 11.9 Å². The summed E-state index contributed by atoms with van der Waals surface area (Å²) >= 11 is 0.929. The molecule has 1 fully saturated rings. The Balaban J connectivity index is 2.10. The molecule has 1 amide bonds. The Hall–Kier alpha value is -2.81. The first-order valence-corrected chi connectivity index (χ1v) is 6.73. The minimum Gasteiger partial charge on any atom is -0.504 e. The molecule has 9 heteroatoms. The Bertz CT molecular complexity index is 712. The molecule has 0 atom stereocenters. The average Bonchev–Trinajstić information content (AvgIpc) is 2.83.